The van der Waals surface area contributed by atoms with Crippen LogP contribution in [0.1, 0.15) is 16.8 Å². The van der Waals surface area contributed by atoms with Crippen LogP contribution in [0, 0.1) is 11.7 Å². The van der Waals surface area contributed by atoms with Crippen LogP contribution in [0.25, 0.3) is 0 Å². The molecular formula is C18H14Cl2N4O2S. The highest BCUT2D eigenvalue weighted by Crippen LogP contribution is 2.23. The summed E-state index contributed by atoms with van der Waals surface area (Å²) in [7, 11) is 0. The van der Waals surface area contributed by atoms with Crippen molar-refractivity contribution in [1.82, 2.24) is 14.9 Å². The molecule has 1 aromatic heterocycles. The zero-order chi connectivity index (χ0) is 19.4. The fraction of sp³-hybridized carbons (Fsp3) is 0.111. The molecule has 0 saturated carbocycles. The van der Waals surface area contributed by atoms with Gasteiger partial charge in [-0.15, -0.1) is 0 Å². The maximum Gasteiger partial charge on any atom is 0.296 e. The van der Waals surface area contributed by atoms with E-state index in [1.165, 1.54) is 6.21 Å². The van der Waals surface area contributed by atoms with Crippen LogP contribution in [-0.2, 0) is 6.61 Å². The van der Waals surface area contributed by atoms with Crippen LogP contribution >= 0.6 is 35.4 Å². The first-order valence-corrected chi connectivity index (χ1v) is 9.00. The van der Waals surface area contributed by atoms with Gasteiger partial charge in [-0.1, -0.05) is 41.4 Å². The number of rotatable bonds is 5. The number of halogens is 2. The van der Waals surface area contributed by atoms with E-state index in [2.05, 4.69) is 15.3 Å². The maximum atomic E-state index is 12.0. The molecule has 0 fully saturated rings. The average Bonchev–Trinajstić information content (AvgIpc) is 2.66. The van der Waals surface area contributed by atoms with Gasteiger partial charge >= 0.3 is 0 Å². The molecule has 6 nitrogen and oxygen atoms in total. The van der Waals surface area contributed by atoms with Gasteiger partial charge in [0.1, 0.15) is 18.1 Å². The van der Waals surface area contributed by atoms with Crippen molar-refractivity contribution in [3.8, 4) is 5.75 Å². The summed E-state index contributed by atoms with van der Waals surface area (Å²) in [6.07, 6.45) is 1.52. The minimum absolute atomic E-state index is 0.119. The Kier molecular flexibility index (Phi) is 6.05. The lowest BCUT2D eigenvalue weighted by Crippen LogP contribution is -2.22. The Labute approximate surface area is 170 Å². The Hall–Kier alpha value is -2.48. The first-order valence-electron chi connectivity index (χ1n) is 7.83. The molecule has 0 aliphatic rings. The number of ether oxygens (including phenoxy) is 1. The Morgan fingerprint density at radius 3 is 2.85 bits per heavy atom. The summed E-state index contributed by atoms with van der Waals surface area (Å²) >= 11 is 17.0. The van der Waals surface area contributed by atoms with Gasteiger partial charge in [-0.25, -0.2) is 0 Å². The molecule has 27 heavy (non-hydrogen) atoms. The molecule has 0 atom stereocenters. The Balaban J connectivity index is 1.76. The first kappa shape index (κ1) is 19.3. The van der Waals surface area contributed by atoms with Gasteiger partial charge in [0, 0.05) is 0 Å². The zero-order valence-corrected chi connectivity index (χ0v) is 16.5. The SMILES string of the molecule is Cc1n[nH]c(=S)n(/N=C/c2cccc(OCc3ccc(Cl)c(Cl)c3)c2)c1=O. The fourth-order valence-electron chi connectivity index (χ4n) is 2.18. The predicted octanol–water partition coefficient (Wildman–Crippen LogP) is 4.38. The summed E-state index contributed by atoms with van der Waals surface area (Å²) in [6, 6.07) is 12.6. The lowest BCUT2D eigenvalue weighted by Gasteiger charge is -2.08. The number of aryl methyl sites for hydroxylation is 1. The average molecular weight is 421 g/mol. The van der Waals surface area contributed by atoms with Gasteiger partial charge in [-0.05, 0) is 54.5 Å². The van der Waals surface area contributed by atoms with E-state index < -0.39 is 0 Å². The number of H-pyrrole nitrogens is 1. The van der Waals surface area contributed by atoms with Gasteiger partial charge in [-0.3, -0.25) is 9.89 Å². The Bertz CT molecular complexity index is 1120. The van der Waals surface area contributed by atoms with E-state index in [1.807, 2.05) is 24.3 Å². The molecule has 138 valence electrons. The van der Waals surface area contributed by atoms with Crippen molar-refractivity contribution < 1.29 is 4.74 Å². The monoisotopic (exact) mass is 420 g/mol. The van der Waals surface area contributed by atoms with Crippen molar-refractivity contribution in [2.24, 2.45) is 5.10 Å². The quantitative estimate of drug-likeness (QED) is 0.490. The molecule has 0 radical (unpaired) electrons. The molecule has 3 aromatic rings. The summed E-state index contributed by atoms with van der Waals surface area (Å²) in [5.41, 5.74) is 1.55. The van der Waals surface area contributed by atoms with Gasteiger partial charge in [0.25, 0.3) is 5.56 Å². The van der Waals surface area contributed by atoms with Gasteiger partial charge in [0.15, 0.2) is 0 Å². The van der Waals surface area contributed by atoms with Gasteiger partial charge in [0.2, 0.25) is 4.77 Å². The molecule has 0 bridgehead atoms. The molecule has 0 aliphatic heterocycles. The second kappa shape index (κ2) is 8.47. The van der Waals surface area contributed by atoms with Crippen LogP contribution in [-0.4, -0.2) is 21.1 Å². The summed E-state index contributed by atoms with van der Waals surface area (Å²) in [5, 5.41) is 11.5. The largest absolute Gasteiger partial charge is 0.489 e. The number of aromatic nitrogens is 3. The van der Waals surface area contributed by atoms with Gasteiger partial charge < -0.3 is 4.74 Å². The maximum absolute atomic E-state index is 12.0. The molecule has 0 aliphatic carbocycles. The summed E-state index contributed by atoms with van der Waals surface area (Å²) in [6.45, 7) is 1.92. The van der Waals surface area contributed by atoms with Crippen molar-refractivity contribution in [2.45, 2.75) is 13.5 Å². The van der Waals surface area contributed by atoms with E-state index in [4.69, 9.17) is 40.2 Å². The van der Waals surface area contributed by atoms with Crippen molar-refractivity contribution in [3.63, 3.8) is 0 Å². The van der Waals surface area contributed by atoms with Gasteiger partial charge in [-0.2, -0.15) is 14.9 Å². The molecule has 0 saturated heterocycles. The van der Waals surface area contributed by atoms with Crippen LogP contribution in [0.3, 0.4) is 0 Å². The lowest BCUT2D eigenvalue weighted by atomic mass is 10.2. The van der Waals surface area contributed by atoms with Crippen molar-refractivity contribution in [3.05, 3.63) is 84.5 Å². The van der Waals surface area contributed by atoms with Crippen LogP contribution in [0.4, 0.5) is 0 Å². The van der Waals surface area contributed by atoms with E-state index in [-0.39, 0.29) is 16.0 Å². The minimum atomic E-state index is -0.373. The van der Waals surface area contributed by atoms with Crippen LogP contribution < -0.4 is 10.3 Å². The Morgan fingerprint density at radius 2 is 2.07 bits per heavy atom. The van der Waals surface area contributed by atoms with E-state index in [1.54, 1.807) is 25.1 Å². The summed E-state index contributed by atoms with van der Waals surface area (Å²) < 4.78 is 6.98. The molecule has 3 rings (SSSR count). The highest BCUT2D eigenvalue weighted by Gasteiger charge is 2.03. The molecule has 9 heteroatoms. The van der Waals surface area contributed by atoms with Crippen molar-refractivity contribution in [2.75, 3.05) is 0 Å². The summed E-state index contributed by atoms with van der Waals surface area (Å²) in [5.74, 6) is 0.647. The highest BCUT2D eigenvalue weighted by molar-refractivity contribution is 7.71. The third kappa shape index (κ3) is 4.82. The highest BCUT2D eigenvalue weighted by atomic mass is 35.5. The molecule has 0 unspecified atom stereocenters. The number of nitrogens with zero attached hydrogens (tertiary/aromatic N) is 3. The molecule has 1 N–H and O–H groups in total. The molecule has 1 heterocycles. The van der Waals surface area contributed by atoms with Crippen LogP contribution in [0.15, 0.2) is 52.4 Å². The third-order valence-electron chi connectivity index (χ3n) is 3.58. The first-order chi connectivity index (χ1) is 12.9. The normalized spacial score (nSPS) is 11.1. The standard InChI is InChI=1S/C18H14Cl2N4O2S/c1-11-17(25)24(18(27)23-22-11)21-9-12-3-2-4-14(7-12)26-10-13-5-6-15(19)16(20)8-13/h2-9H,10H2,1H3,(H,23,27)/b21-9+. The predicted molar refractivity (Wildman–Crippen MR) is 109 cm³/mol. The van der Waals surface area contributed by atoms with E-state index >= 15 is 0 Å². The number of hydrogen-bond acceptors (Lipinski definition) is 5. The van der Waals surface area contributed by atoms with Crippen molar-refractivity contribution in [1.29, 1.82) is 0 Å². The zero-order valence-electron chi connectivity index (χ0n) is 14.1. The second-order valence-electron chi connectivity index (χ2n) is 5.59. The number of aromatic amines is 1. The fourth-order valence-corrected chi connectivity index (χ4v) is 2.68. The van der Waals surface area contributed by atoms with E-state index in [0.29, 0.717) is 22.4 Å². The number of hydrogen-bond donors (Lipinski definition) is 1. The van der Waals surface area contributed by atoms with E-state index in [0.717, 1.165) is 15.8 Å². The summed E-state index contributed by atoms with van der Waals surface area (Å²) in [4.78, 5) is 12.0. The molecule has 2 aromatic carbocycles. The molecule has 0 spiro atoms. The van der Waals surface area contributed by atoms with Crippen LogP contribution in [0.5, 0.6) is 5.75 Å². The smallest absolute Gasteiger partial charge is 0.296 e. The molecule has 0 amide bonds. The van der Waals surface area contributed by atoms with Gasteiger partial charge in [0.05, 0.1) is 16.3 Å². The second-order valence-corrected chi connectivity index (χ2v) is 6.79. The lowest BCUT2D eigenvalue weighted by molar-refractivity contribution is 0.306. The molecular weight excluding hydrogens is 407 g/mol. The van der Waals surface area contributed by atoms with Crippen LogP contribution in [0.2, 0.25) is 10.0 Å². The minimum Gasteiger partial charge on any atom is -0.489 e. The number of nitrogens with one attached hydrogen (secondary N) is 1. The van der Waals surface area contributed by atoms with Crippen molar-refractivity contribution >= 4 is 41.6 Å². The topological polar surface area (TPSA) is 72.3 Å². The third-order valence-corrected chi connectivity index (χ3v) is 4.59. The van der Waals surface area contributed by atoms with E-state index in [9.17, 15) is 4.79 Å². The number of benzene rings is 2. The Morgan fingerprint density at radius 1 is 1.26 bits per heavy atom.